The van der Waals surface area contributed by atoms with Crippen LogP contribution in [0.2, 0.25) is 0 Å². The van der Waals surface area contributed by atoms with Crippen LogP contribution in [-0.4, -0.2) is 9.55 Å². The molecule has 2 N–H and O–H groups in total. The predicted octanol–water partition coefficient (Wildman–Crippen LogP) is 3.15. The van der Waals surface area contributed by atoms with Crippen molar-refractivity contribution in [2.75, 3.05) is 5.73 Å². The average molecular weight is 255 g/mol. The maximum atomic E-state index is 6.29. The Morgan fingerprint density at radius 2 is 1.95 bits per heavy atom. The van der Waals surface area contributed by atoms with Crippen LogP contribution in [-0.2, 0) is 19.3 Å². The fourth-order valence-corrected chi connectivity index (χ4v) is 2.63. The molecule has 0 atom stereocenters. The van der Waals surface area contributed by atoms with Gasteiger partial charge in [-0.1, -0.05) is 37.3 Å². The molecule has 1 aliphatic carbocycles. The van der Waals surface area contributed by atoms with Crippen LogP contribution >= 0.6 is 0 Å². The van der Waals surface area contributed by atoms with Crippen molar-refractivity contribution in [3.05, 3.63) is 47.4 Å². The number of hydrogen-bond donors (Lipinski definition) is 1. The van der Waals surface area contributed by atoms with Gasteiger partial charge in [0.25, 0.3) is 0 Å². The van der Waals surface area contributed by atoms with E-state index in [9.17, 15) is 0 Å². The third-order valence-corrected chi connectivity index (χ3v) is 3.82. The Kier molecular flexibility index (Phi) is 3.28. The van der Waals surface area contributed by atoms with Crippen molar-refractivity contribution in [2.24, 2.45) is 0 Å². The zero-order valence-electron chi connectivity index (χ0n) is 11.5. The number of nitrogen functional groups attached to an aromatic ring is 1. The van der Waals surface area contributed by atoms with Gasteiger partial charge >= 0.3 is 0 Å². The summed E-state index contributed by atoms with van der Waals surface area (Å²) >= 11 is 0. The molecule has 100 valence electrons. The van der Waals surface area contributed by atoms with Gasteiger partial charge in [0.1, 0.15) is 11.6 Å². The maximum absolute atomic E-state index is 6.29. The number of imidazole rings is 1. The molecule has 0 unspecified atom stereocenters. The Bertz CT molecular complexity index is 553. The number of benzene rings is 1. The van der Waals surface area contributed by atoms with Crippen LogP contribution in [0, 0.1) is 0 Å². The Hall–Kier alpha value is -1.77. The summed E-state index contributed by atoms with van der Waals surface area (Å²) in [7, 11) is 0. The van der Waals surface area contributed by atoms with Crippen LogP contribution < -0.4 is 5.73 Å². The molecule has 0 bridgehead atoms. The summed E-state index contributed by atoms with van der Waals surface area (Å²) in [5, 5.41) is 0. The van der Waals surface area contributed by atoms with Gasteiger partial charge in [0.2, 0.25) is 0 Å². The molecule has 0 spiro atoms. The van der Waals surface area contributed by atoms with Crippen molar-refractivity contribution in [3.63, 3.8) is 0 Å². The van der Waals surface area contributed by atoms with Gasteiger partial charge in [-0.3, -0.25) is 0 Å². The lowest BCUT2D eigenvalue weighted by Crippen LogP contribution is -2.05. The first-order chi connectivity index (χ1) is 9.29. The Labute approximate surface area is 114 Å². The smallest absolute Gasteiger partial charge is 0.127 e. The van der Waals surface area contributed by atoms with E-state index in [0.717, 1.165) is 36.6 Å². The highest BCUT2D eigenvalue weighted by atomic mass is 15.2. The van der Waals surface area contributed by atoms with Crippen LogP contribution in [0.4, 0.5) is 5.82 Å². The molecule has 0 saturated heterocycles. The van der Waals surface area contributed by atoms with Crippen LogP contribution in [0.5, 0.6) is 0 Å². The van der Waals surface area contributed by atoms with E-state index in [1.54, 1.807) is 0 Å². The van der Waals surface area contributed by atoms with Gasteiger partial charge < -0.3 is 10.3 Å². The van der Waals surface area contributed by atoms with Gasteiger partial charge in [-0.2, -0.15) is 0 Å². The Balaban J connectivity index is 1.77. The van der Waals surface area contributed by atoms with Gasteiger partial charge in [0.15, 0.2) is 0 Å². The minimum atomic E-state index is 0.618. The first-order valence-electron chi connectivity index (χ1n) is 7.19. The molecule has 3 heteroatoms. The molecule has 1 fully saturated rings. The number of anilines is 1. The van der Waals surface area contributed by atoms with E-state index in [1.807, 2.05) is 0 Å². The summed E-state index contributed by atoms with van der Waals surface area (Å²) in [6, 6.07) is 11.2. The highest BCUT2D eigenvalue weighted by Crippen LogP contribution is 2.39. The largest absolute Gasteiger partial charge is 0.384 e. The van der Waals surface area contributed by atoms with Gasteiger partial charge in [-0.05, 0) is 31.2 Å². The summed E-state index contributed by atoms with van der Waals surface area (Å²) in [4.78, 5) is 4.74. The van der Waals surface area contributed by atoms with E-state index in [4.69, 9.17) is 10.7 Å². The second-order valence-corrected chi connectivity index (χ2v) is 5.30. The zero-order chi connectivity index (χ0) is 13.2. The zero-order valence-corrected chi connectivity index (χ0v) is 11.5. The highest BCUT2D eigenvalue weighted by Gasteiger charge is 2.28. The second kappa shape index (κ2) is 5.08. The van der Waals surface area contributed by atoms with E-state index in [0.29, 0.717) is 6.04 Å². The number of hydrogen-bond acceptors (Lipinski definition) is 2. The SMILES string of the molecule is CCc1nc(CCc2ccccc2)c(N)n1C1CC1. The van der Waals surface area contributed by atoms with E-state index >= 15 is 0 Å². The molecular weight excluding hydrogens is 234 g/mol. The lowest BCUT2D eigenvalue weighted by atomic mass is 10.1. The van der Waals surface area contributed by atoms with Gasteiger partial charge in [-0.15, -0.1) is 0 Å². The molecule has 3 rings (SSSR count). The van der Waals surface area contributed by atoms with Crippen LogP contribution in [0.25, 0.3) is 0 Å². The Morgan fingerprint density at radius 3 is 2.58 bits per heavy atom. The highest BCUT2D eigenvalue weighted by molar-refractivity contribution is 5.40. The van der Waals surface area contributed by atoms with Crippen molar-refractivity contribution >= 4 is 5.82 Å². The van der Waals surface area contributed by atoms with E-state index in [2.05, 4.69) is 41.8 Å². The first kappa shape index (κ1) is 12.3. The molecule has 0 radical (unpaired) electrons. The number of aryl methyl sites for hydroxylation is 3. The van der Waals surface area contributed by atoms with Crippen molar-refractivity contribution in [1.82, 2.24) is 9.55 Å². The summed E-state index contributed by atoms with van der Waals surface area (Å²) in [6.45, 7) is 2.15. The van der Waals surface area contributed by atoms with Gasteiger partial charge in [0.05, 0.1) is 5.69 Å². The van der Waals surface area contributed by atoms with E-state index in [1.165, 1.54) is 18.4 Å². The number of rotatable bonds is 5. The van der Waals surface area contributed by atoms with Crippen LogP contribution in [0.1, 0.15) is 42.9 Å². The molecule has 1 aromatic heterocycles. The molecule has 1 aromatic carbocycles. The monoisotopic (exact) mass is 255 g/mol. The lowest BCUT2D eigenvalue weighted by molar-refractivity contribution is 0.696. The third kappa shape index (κ3) is 2.50. The quantitative estimate of drug-likeness (QED) is 0.892. The number of nitrogens with zero attached hydrogens (tertiary/aromatic N) is 2. The normalized spacial score (nSPS) is 14.8. The first-order valence-corrected chi connectivity index (χ1v) is 7.19. The second-order valence-electron chi connectivity index (χ2n) is 5.30. The fraction of sp³-hybridized carbons (Fsp3) is 0.438. The molecule has 0 aliphatic heterocycles. The molecule has 0 amide bonds. The minimum Gasteiger partial charge on any atom is -0.384 e. The predicted molar refractivity (Wildman–Crippen MR) is 78.1 cm³/mol. The maximum Gasteiger partial charge on any atom is 0.127 e. The van der Waals surface area contributed by atoms with Gasteiger partial charge in [-0.25, -0.2) is 4.98 Å². The minimum absolute atomic E-state index is 0.618. The number of nitrogens with two attached hydrogens (primary N) is 1. The standard InChI is InChI=1S/C16H21N3/c1-2-15-18-14(16(17)19(15)13-9-10-13)11-8-12-6-4-3-5-7-12/h3-7,13H,2,8-11,17H2,1H3. The Morgan fingerprint density at radius 1 is 1.21 bits per heavy atom. The van der Waals surface area contributed by atoms with Crippen LogP contribution in [0.3, 0.4) is 0 Å². The molecule has 1 aliphatic rings. The number of aromatic nitrogens is 2. The molecular formula is C16H21N3. The average Bonchev–Trinajstić information content (AvgIpc) is 3.22. The third-order valence-electron chi connectivity index (χ3n) is 3.82. The topological polar surface area (TPSA) is 43.8 Å². The molecule has 1 heterocycles. The van der Waals surface area contributed by atoms with Gasteiger partial charge in [0, 0.05) is 12.5 Å². The molecule has 19 heavy (non-hydrogen) atoms. The van der Waals surface area contributed by atoms with Crippen molar-refractivity contribution in [1.29, 1.82) is 0 Å². The van der Waals surface area contributed by atoms with E-state index in [-0.39, 0.29) is 0 Å². The molecule has 2 aromatic rings. The van der Waals surface area contributed by atoms with Crippen molar-refractivity contribution in [3.8, 4) is 0 Å². The summed E-state index contributed by atoms with van der Waals surface area (Å²) < 4.78 is 2.26. The summed E-state index contributed by atoms with van der Waals surface area (Å²) in [5.74, 6) is 2.05. The van der Waals surface area contributed by atoms with Crippen molar-refractivity contribution < 1.29 is 0 Å². The fourth-order valence-electron chi connectivity index (χ4n) is 2.63. The van der Waals surface area contributed by atoms with E-state index < -0.39 is 0 Å². The lowest BCUT2D eigenvalue weighted by Gasteiger charge is -2.06. The molecule has 1 saturated carbocycles. The summed E-state index contributed by atoms with van der Waals surface area (Å²) in [6.07, 6.45) is 5.42. The van der Waals surface area contributed by atoms with Crippen LogP contribution in [0.15, 0.2) is 30.3 Å². The molecule has 3 nitrogen and oxygen atoms in total. The summed E-state index contributed by atoms with van der Waals surface area (Å²) in [5.41, 5.74) is 8.71. The van der Waals surface area contributed by atoms with Crippen molar-refractivity contribution in [2.45, 2.75) is 45.1 Å².